The van der Waals surface area contributed by atoms with Crippen LogP contribution in [-0.4, -0.2) is 72.1 Å². The van der Waals surface area contributed by atoms with Crippen LogP contribution in [0.1, 0.15) is 48.5 Å². The molecule has 0 radical (unpaired) electrons. The molecule has 1 atom stereocenters. The lowest BCUT2D eigenvalue weighted by Gasteiger charge is -2.55. The first-order chi connectivity index (χ1) is 13.8. The van der Waals surface area contributed by atoms with Crippen LogP contribution in [0.25, 0.3) is 0 Å². The number of hydrogen-bond donors (Lipinski definition) is 0. The molecule has 0 rings (SSSR count). The normalized spacial score (nSPS) is 17.5. The molecule has 0 aromatic rings. The molecule has 0 bridgehead atoms. The highest BCUT2D eigenvalue weighted by Crippen LogP contribution is 2.45. The molecule has 0 fully saturated rings. The molecule has 0 aliphatic rings. The monoisotopic (exact) mass is 526 g/mol. The Morgan fingerprint density at radius 3 is 1.58 bits per heavy atom. The fourth-order valence-corrected chi connectivity index (χ4v) is 8.17. The number of carbonyl (C=O) groups excluding carboxylic acids is 1. The highest BCUT2D eigenvalue weighted by Gasteiger charge is 2.68. The van der Waals surface area contributed by atoms with Crippen molar-refractivity contribution in [3.05, 3.63) is 11.1 Å². The van der Waals surface area contributed by atoms with E-state index in [-0.39, 0.29) is 0 Å². The highest BCUT2D eigenvalue weighted by molar-refractivity contribution is 6.69. The van der Waals surface area contributed by atoms with Crippen molar-refractivity contribution in [3.8, 4) is 0 Å². The quantitative estimate of drug-likeness (QED) is 0.170. The molecule has 0 saturated carbocycles. The average molecular weight is 527 g/mol. The molecule has 1 unspecified atom stereocenters. The van der Waals surface area contributed by atoms with Gasteiger partial charge in [-0.25, -0.2) is 4.79 Å². The van der Waals surface area contributed by atoms with E-state index in [4.69, 9.17) is 26.9 Å². The molecule has 31 heavy (non-hydrogen) atoms. The molecule has 0 amide bonds. The average Bonchev–Trinajstić information content (AvgIpc) is 2.51. The van der Waals surface area contributed by atoms with Crippen LogP contribution < -0.4 is 0 Å². The second kappa shape index (κ2) is 11.0. The predicted octanol–water partition coefficient (Wildman–Crippen LogP) is 0.783. The molecular formula is C19H46O7Si5. The van der Waals surface area contributed by atoms with Crippen molar-refractivity contribution in [1.29, 1.82) is 0 Å². The third-order valence-electron chi connectivity index (χ3n) is 4.79. The van der Waals surface area contributed by atoms with Gasteiger partial charge in [0.15, 0.2) is 17.4 Å². The molecule has 184 valence electrons. The largest absolute Gasteiger partial charge is 0.417 e. The summed E-state index contributed by atoms with van der Waals surface area (Å²) in [7, 11) is -3.13. The molecule has 12 heteroatoms. The molecule has 0 aromatic heterocycles. The van der Waals surface area contributed by atoms with Gasteiger partial charge in [0.2, 0.25) is 0 Å². The van der Waals surface area contributed by atoms with E-state index in [0.717, 1.165) is 5.57 Å². The molecular weight excluding hydrogens is 481 g/mol. The number of rotatable bonds is 11. The zero-order chi connectivity index (χ0) is 25.1. The summed E-state index contributed by atoms with van der Waals surface area (Å²) in [6, 6.07) is 0. The van der Waals surface area contributed by atoms with Crippen molar-refractivity contribution in [3.63, 3.8) is 0 Å². The summed E-state index contributed by atoms with van der Waals surface area (Å²) < 4.78 is 37.6. The van der Waals surface area contributed by atoms with Gasteiger partial charge in [-0.2, -0.15) is 0 Å². The Labute approximate surface area is 201 Å². The van der Waals surface area contributed by atoms with Crippen LogP contribution >= 0.6 is 0 Å². The summed E-state index contributed by atoms with van der Waals surface area (Å²) >= 11 is 0. The van der Waals surface area contributed by atoms with Crippen molar-refractivity contribution in [2.45, 2.75) is 98.6 Å². The molecule has 0 saturated heterocycles. The standard InChI is InChI=1S/C19H46O7Si5/c1-13(2)14(16(3,4)5)15(20)21-19(25-30(8)9,26-31(10,11)12)18(23-28,24-29)17(6,7)22-27/h30H,1-12,27-29H3. The molecule has 0 aliphatic heterocycles. The molecule has 0 N–H and O–H groups in total. The van der Waals surface area contributed by atoms with E-state index >= 15 is 0 Å². The van der Waals surface area contributed by atoms with Gasteiger partial charge in [-0.3, -0.25) is 0 Å². The van der Waals surface area contributed by atoms with E-state index in [9.17, 15) is 4.79 Å². The Morgan fingerprint density at radius 1 is 0.871 bits per heavy atom. The Hall–Kier alpha value is 0.0944. The first kappa shape index (κ1) is 31.1. The van der Waals surface area contributed by atoms with Gasteiger partial charge in [-0.05, 0) is 65.8 Å². The fraction of sp³-hybridized carbons (Fsp3) is 0.842. The van der Waals surface area contributed by atoms with Gasteiger partial charge in [0.05, 0.1) is 0 Å². The van der Waals surface area contributed by atoms with E-state index in [1.54, 1.807) is 0 Å². The maximum absolute atomic E-state index is 13.7. The molecule has 0 spiro atoms. The minimum atomic E-state index is -2.34. The molecule has 0 heterocycles. The lowest BCUT2D eigenvalue weighted by molar-refractivity contribution is -0.436. The van der Waals surface area contributed by atoms with E-state index < -0.39 is 46.1 Å². The number of allylic oxidation sites excluding steroid dienone is 1. The molecule has 0 aliphatic carbocycles. The second-order valence-electron chi connectivity index (χ2n) is 10.7. The fourth-order valence-electron chi connectivity index (χ4n) is 3.76. The zero-order valence-corrected chi connectivity index (χ0v) is 30.6. The van der Waals surface area contributed by atoms with E-state index in [1.165, 1.54) is 0 Å². The summed E-state index contributed by atoms with van der Waals surface area (Å²) in [6.07, 6.45) is 0. The van der Waals surface area contributed by atoms with Crippen LogP contribution in [0.5, 0.6) is 0 Å². The van der Waals surface area contributed by atoms with E-state index in [0.29, 0.717) is 37.0 Å². The van der Waals surface area contributed by atoms with Gasteiger partial charge in [-0.1, -0.05) is 26.3 Å². The SMILES string of the molecule is CC(C)=C(C(=O)OC(O[SiH](C)C)(O[Si](C)(C)C)C(O[SiH3])(O[SiH3])C(C)(C)O[SiH3])C(C)(C)C. The van der Waals surface area contributed by atoms with Gasteiger partial charge in [0.1, 0.15) is 37.1 Å². The Bertz CT molecular complexity index is 645. The minimum absolute atomic E-state index is 0.299. The Morgan fingerprint density at radius 2 is 1.32 bits per heavy atom. The lowest BCUT2D eigenvalue weighted by atomic mass is 9.84. The number of hydrogen-bond acceptors (Lipinski definition) is 7. The van der Waals surface area contributed by atoms with Crippen LogP contribution in [0.4, 0.5) is 0 Å². The maximum atomic E-state index is 13.7. The summed E-state index contributed by atoms with van der Waals surface area (Å²) in [5.41, 5.74) is 0.0549. The molecule has 7 nitrogen and oxygen atoms in total. The summed E-state index contributed by atoms with van der Waals surface area (Å²) in [6.45, 7) is 23.6. The third kappa shape index (κ3) is 7.29. The first-order valence-corrected chi connectivity index (χ1v) is 19.3. The van der Waals surface area contributed by atoms with Crippen LogP contribution in [0, 0.1) is 5.41 Å². The number of esters is 1. The summed E-state index contributed by atoms with van der Waals surface area (Å²) in [5.74, 6) is -3.91. The Balaban J connectivity index is 7.17. The van der Waals surface area contributed by atoms with Crippen LogP contribution in [-0.2, 0) is 31.7 Å². The lowest BCUT2D eigenvalue weighted by Crippen LogP contribution is -2.74. The summed E-state index contributed by atoms with van der Waals surface area (Å²) in [4.78, 5) is 13.7. The second-order valence-corrected chi connectivity index (χ2v) is 18.7. The van der Waals surface area contributed by atoms with Gasteiger partial charge in [-0.15, -0.1) is 0 Å². The zero-order valence-electron chi connectivity index (χ0n) is 22.4. The van der Waals surface area contributed by atoms with Crippen LogP contribution in [0.15, 0.2) is 11.1 Å². The predicted molar refractivity (Wildman–Crippen MR) is 141 cm³/mol. The van der Waals surface area contributed by atoms with Crippen molar-refractivity contribution in [1.82, 2.24) is 0 Å². The maximum Gasteiger partial charge on any atom is 0.369 e. The van der Waals surface area contributed by atoms with Crippen molar-refractivity contribution < 1.29 is 31.7 Å². The highest BCUT2D eigenvalue weighted by atomic mass is 28.4. The van der Waals surface area contributed by atoms with Gasteiger partial charge in [0.25, 0.3) is 5.79 Å². The molecule has 0 aromatic carbocycles. The van der Waals surface area contributed by atoms with E-state index in [1.807, 2.05) is 81.2 Å². The van der Waals surface area contributed by atoms with Crippen molar-refractivity contribution in [2.75, 3.05) is 0 Å². The van der Waals surface area contributed by atoms with Crippen LogP contribution in [0.3, 0.4) is 0 Å². The van der Waals surface area contributed by atoms with Crippen LogP contribution in [0.2, 0.25) is 32.7 Å². The van der Waals surface area contributed by atoms with Crippen molar-refractivity contribution in [2.24, 2.45) is 5.41 Å². The Kier molecular flexibility index (Phi) is 11.0. The van der Waals surface area contributed by atoms with Crippen molar-refractivity contribution >= 4 is 54.8 Å². The van der Waals surface area contributed by atoms with Gasteiger partial charge < -0.3 is 26.9 Å². The van der Waals surface area contributed by atoms with Gasteiger partial charge in [0, 0.05) is 5.57 Å². The number of carbonyl (C=O) groups is 1. The summed E-state index contributed by atoms with van der Waals surface area (Å²) in [5, 5.41) is 0. The number of ether oxygens (including phenoxy) is 1. The topological polar surface area (TPSA) is 72.5 Å². The van der Waals surface area contributed by atoms with Gasteiger partial charge >= 0.3 is 11.9 Å². The smallest absolute Gasteiger partial charge is 0.369 e. The first-order valence-electron chi connectivity index (χ1n) is 10.7. The third-order valence-corrected chi connectivity index (χ3v) is 8.63. The minimum Gasteiger partial charge on any atom is -0.417 e. The van der Waals surface area contributed by atoms with E-state index in [2.05, 4.69) is 0 Å².